The molecule has 0 bridgehead atoms. The third-order valence-corrected chi connectivity index (χ3v) is 3.50. The van der Waals surface area contributed by atoms with Crippen LogP contribution in [0.3, 0.4) is 0 Å². The van der Waals surface area contributed by atoms with Crippen molar-refractivity contribution in [2.75, 3.05) is 20.3 Å². The van der Waals surface area contributed by atoms with E-state index in [0.29, 0.717) is 30.2 Å². The maximum atomic E-state index is 12.2. The van der Waals surface area contributed by atoms with Gasteiger partial charge in [-0.25, -0.2) is 0 Å². The third-order valence-electron chi connectivity index (χ3n) is 3.50. The Bertz CT molecular complexity index is 626. The fraction of sp³-hybridized carbons (Fsp3) is 0.316. The van der Waals surface area contributed by atoms with E-state index in [0.717, 1.165) is 12.8 Å². The van der Waals surface area contributed by atoms with Crippen molar-refractivity contribution in [1.29, 1.82) is 0 Å². The highest BCUT2D eigenvalue weighted by Crippen LogP contribution is 2.27. The first kappa shape index (κ1) is 16.9. The van der Waals surface area contributed by atoms with Gasteiger partial charge in [0.2, 0.25) is 0 Å². The van der Waals surface area contributed by atoms with Crippen molar-refractivity contribution in [2.45, 2.75) is 19.8 Å². The monoisotopic (exact) mass is 313 g/mol. The fourth-order valence-electron chi connectivity index (χ4n) is 2.33. The minimum atomic E-state index is -0.0957. The molecule has 0 aliphatic carbocycles. The summed E-state index contributed by atoms with van der Waals surface area (Å²) in [4.78, 5) is 12.2. The first-order valence-corrected chi connectivity index (χ1v) is 7.87. The summed E-state index contributed by atoms with van der Waals surface area (Å²) in [6.45, 7) is 3.07. The van der Waals surface area contributed by atoms with Crippen LogP contribution in [0.1, 0.15) is 29.3 Å². The van der Waals surface area contributed by atoms with Crippen LogP contribution in [0.2, 0.25) is 0 Å². The molecule has 2 rings (SSSR count). The lowest BCUT2D eigenvalue weighted by molar-refractivity contribution is 0.0952. The Morgan fingerprint density at radius 3 is 2.57 bits per heavy atom. The highest BCUT2D eigenvalue weighted by molar-refractivity contribution is 5.94. The van der Waals surface area contributed by atoms with Gasteiger partial charge in [-0.1, -0.05) is 30.3 Å². The van der Waals surface area contributed by atoms with Crippen LogP contribution >= 0.6 is 0 Å². The zero-order valence-corrected chi connectivity index (χ0v) is 13.7. The van der Waals surface area contributed by atoms with Gasteiger partial charge in [-0.2, -0.15) is 0 Å². The summed E-state index contributed by atoms with van der Waals surface area (Å²) in [5.74, 6) is 1.13. The summed E-state index contributed by atoms with van der Waals surface area (Å²) < 4.78 is 10.7. The van der Waals surface area contributed by atoms with Gasteiger partial charge < -0.3 is 14.8 Å². The van der Waals surface area contributed by atoms with E-state index >= 15 is 0 Å². The lowest BCUT2D eigenvalue weighted by atomic mass is 10.1. The maximum absolute atomic E-state index is 12.2. The van der Waals surface area contributed by atoms with Gasteiger partial charge in [0.05, 0.1) is 13.7 Å². The Kier molecular flexibility index (Phi) is 6.48. The molecule has 0 aromatic heterocycles. The van der Waals surface area contributed by atoms with Crippen LogP contribution in [0.25, 0.3) is 0 Å². The van der Waals surface area contributed by atoms with Crippen LogP contribution in [0.4, 0.5) is 0 Å². The number of amides is 1. The minimum absolute atomic E-state index is 0.0957. The lowest BCUT2D eigenvalue weighted by Gasteiger charge is -2.11. The number of rotatable bonds is 8. The molecule has 0 atom stereocenters. The van der Waals surface area contributed by atoms with Crippen molar-refractivity contribution in [2.24, 2.45) is 0 Å². The van der Waals surface area contributed by atoms with Crippen molar-refractivity contribution in [1.82, 2.24) is 5.32 Å². The van der Waals surface area contributed by atoms with Crippen LogP contribution in [-0.2, 0) is 6.42 Å². The van der Waals surface area contributed by atoms with E-state index in [1.165, 1.54) is 5.56 Å². The molecule has 0 radical (unpaired) electrons. The van der Waals surface area contributed by atoms with Crippen LogP contribution in [0.5, 0.6) is 11.5 Å². The summed E-state index contributed by atoms with van der Waals surface area (Å²) in [5.41, 5.74) is 1.86. The molecule has 0 saturated carbocycles. The molecule has 0 heterocycles. The third kappa shape index (κ3) is 5.02. The molecule has 0 unspecified atom stereocenters. The number of aryl methyl sites for hydroxylation is 1. The molecule has 4 nitrogen and oxygen atoms in total. The molecule has 0 spiro atoms. The topological polar surface area (TPSA) is 47.6 Å². The molecule has 0 saturated heterocycles. The fourth-order valence-corrected chi connectivity index (χ4v) is 2.33. The summed E-state index contributed by atoms with van der Waals surface area (Å²) >= 11 is 0. The SMILES string of the molecule is CCOc1cc(C(=O)NCCCc2ccccc2)ccc1OC. The Hall–Kier alpha value is -2.49. The Labute approximate surface area is 137 Å². The lowest BCUT2D eigenvalue weighted by Crippen LogP contribution is -2.24. The average molecular weight is 313 g/mol. The van der Waals surface area contributed by atoms with E-state index in [2.05, 4.69) is 17.4 Å². The molecule has 1 N–H and O–H groups in total. The van der Waals surface area contributed by atoms with Gasteiger partial charge in [0.15, 0.2) is 11.5 Å². The molecule has 23 heavy (non-hydrogen) atoms. The van der Waals surface area contributed by atoms with Gasteiger partial charge >= 0.3 is 0 Å². The number of nitrogens with one attached hydrogen (secondary N) is 1. The van der Waals surface area contributed by atoms with E-state index in [4.69, 9.17) is 9.47 Å². The quantitative estimate of drug-likeness (QED) is 0.759. The zero-order valence-electron chi connectivity index (χ0n) is 13.7. The van der Waals surface area contributed by atoms with E-state index in [9.17, 15) is 4.79 Å². The Morgan fingerprint density at radius 2 is 1.87 bits per heavy atom. The van der Waals surface area contributed by atoms with Gasteiger partial charge in [-0.15, -0.1) is 0 Å². The number of hydrogen-bond acceptors (Lipinski definition) is 3. The number of benzene rings is 2. The molecule has 4 heteroatoms. The highest BCUT2D eigenvalue weighted by Gasteiger charge is 2.10. The van der Waals surface area contributed by atoms with E-state index in [1.54, 1.807) is 25.3 Å². The summed E-state index contributed by atoms with van der Waals surface area (Å²) in [6.07, 6.45) is 1.86. The molecule has 1 amide bonds. The molecule has 0 aliphatic rings. The molecule has 122 valence electrons. The maximum Gasteiger partial charge on any atom is 0.251 e. The Balaban J connectivity index is 1.86. The normalized spacial score (nSPS) is 10.2. The number of carbonyl (C=O) groups is 1. The van der Waals surface area contributed by atoms with E-state index in [1.807, 2.05) is 25.1 Å². The van der Waals surface area contributed by atoms with Gasteiger partial charge in [0.25, 0.3) is 5.91 Å². The average Bonchev–Trinajstić information content (AvgIpc) is 2.59. The second-order valence-electron chi connectivity index (χ2n) is 5.14. The number of hydrogen-bond donors (Lipinski definition) is 1. The smallest absolute Gasteiger partial charge is 0.251 e. The van der Waals surface area contributed by atoms with Crippen molar-refractivity contribution in [3.8, 4) is 11.5 Å². The predicted octanol–water partition coefficient (Wildman–Crippen LogP) is 3.46. The molecular weight excluding hydrogens is 290 g/mol. The molecule has 2 aromatic carbocycles. The molecular formula is C19H23NO3. The van der Waals surface area contributed by atoms with Crippen LogP contribution in [0, 0.1) is 0 Å². The molecule has 0 aliphatic heterocycles. The van der Waals surface area contributed by atoms with Crippen molar-refractivity contribution >= 4 is 5.91 Å². The number of methoxy groups -OCH3 is 1. The summed E-state index contributed by atoms with van der Waals surface area (Å²) in [6, 6.07) is 15.5. The second-order valence-corrected chi connectivity index (χ2v) is 5.14. The molecule has 2 aromatic rings. The Morgan fingerprint density at radius 1 is 1.09 bits per heavy atom. The van der Waals surface area contributed by atoms with E-state index in [-0.39, 0.29) is 5.91 Å². The van der Waals surface area contributed by atoms with Crippen LogP contribution in [0.15, 0.2) is 48.5 Å². The largest absolute Gasteiger partial charge is 0.493 e. The van der Waals surface area contributed by atoms with Gasteiger partial charge in [0, 0.05) is 12.1 Å². The summed E-state index contributed by atoms with van der Waals surface area (Å²) in [5, 5.41) is 2.94. The minimum Gasteiger partial charge on any atom is -0.493 e. The first-order valence-electron chi connectivity index (χ1n) is 7.87. The first-order chi connectivity index (χ1) is 11.2. The number of ether oxygens (including phenoxy) is 2. The second kappa shape index (κ2) is 8.83. The zero-order chi connectivity index (χ0) is 16.5. The van der Waals surface area contributed by atoms with Gasteiger partial charge in [0.1, 0.15) is 0 Å². The standard InChI is InChI=1S/C19H23NO3/c1-3-23-18-14-16(11-12-17(18)22-2)19(21)20-13-7-10-15-8-5-4-6-9-15/h4-6,8-9,11-12,14H,3,7,10,13H2,1-2H3,(H,20,21). The van der Waals surface area contributed by atoms with Crippen molar-refractivity contribution in [3.63, 3.8) is 0 Å². The van der Waals surface area contributed by atoms with Crippen molar-refractivity contribution < 1.29 is 14.3 Å². The summed E-state index contributed by atoms with van der Waals surface area (Å²) in [7, 11) is 1.58. The highest BCUT2D eigenvalue weighted by atomic mass is 16.5. The van der Waals surface area contributed by atoms with Gasteiger partial charge in [-0.3, -0.25) is 4.79 Å². The van der Waals surface area contributed by atoms with Crippen molar-refractivity contribution in [3.05, 3.63) is 59.7 Å². The predicted molar refractivity (Wildman–Crippen MR) is 91.3 cm³/mol. The number of carbonyl (C=O) groups excluding carboxylic acids is 1. The molecule has 0 fully saturated rings. The van der Waals surface area contributed by atoms with Gasteiger partial charge in [-0.05, 0) is 43.5 Å². The van der Waals surface area contributed by atoms with E-state index < -0.39 is 0 Å². The van der Waals surface area contributed by atoms with Crippen LogP contribution in [-0.4, -0.2) is 26.2 Å². The van der Waals surface area contributed by atoms with Crippen LogP contribution < -0.4 is 14.8 Å².